The van der Waals surface area contributed by atoms with Crippen molar-refractivity contribution in [2.24, 2.45) is 0 Å². The molecule has 118 valence electrons. The Bertz CT molecular complexity index is 462. The number of phenols is 1. The number of carbonyl (C=O) groups is 1. The third kappa shape index (κ3) is 5.47. The molecule has 0 spiro atoms. The number of phenolic OH excluding ortho intramolecular Hbond substituents is 1. The molecule has 0 atom stereocenters. The lowest BCUT2D eigenvalue weighted by atomic mass is 10.1. The first-order chi connectivity index (χ1) is 10.0. The fourth-order valence-electron chi connectivity index (χ4n) is 2.28. The van der Waals surface area contributed by atoms with E-state index in [1.54, 1.807) is 23.1 Å². The number of benzene rings is 1. The molecule has 0 heterocycles. The van der Waals surface area contributed by atoms with E-state index in [1.165, 1.54) is 0 Å². The zero-order chi connectivity index (χ0) is 15.8. The Balaban J connectivity index is 2.67. The van der Waals surface area contributed by atoms with E-state index in [0.717, 1.165) is 36.2 Å². The third-order valence-corrected chi connectivity index (χ3v) is 4.33. The summed E-state index contributed by atoms with van der Waals surface area (Å²) in [6, 6.07) is 5.12. The highest BCUT2D eigenvalue weighted by Crippen LogP contribution is 2.21. The summed E-state index contributed by atoms with van der Waals surface area (Å²) in [7, 11) is 0. The molecule has 1 aromatic rings. The average Bonchev–Trinajstić information content (AvgIpc) is 2.49. The van der Waals surface area contributed by atoms with Crippen molar-refractivity contribution in [3.63, 3.8) is 0 Å². The van der Waals surface area contributed by atoms with Gasteiger partial charge in [0.15, 0.2) is 0 Å². The van der Waals surface area contributed by atoms with Crippen LogP contribution in [0.3, 0.4) is 0 Å². The van der Waals surface area contributed by atoms with Gasteiger partial charge in [0.2, 0.25) is 0 Å². The predicted octanol–water partition coefficient (Wildman–Crippen LogP) is 3.19. The number of rotatable bonds is 8. The second-order valence-corrected chi connectivity index (χ2v) is 6.17. The topological polar surface area (TPSA) is 43.8 Å². The fraction of sp³-hybridized carbons (Fsp3) is 0.562. The highest BCUT2D eigenvalue weighted by molar-refractivity contribution is 14.1. The summed E-state index contributed by atoms with van der Waals surface area (Å²) in [6.07, 6.45) is 0.950. The fourth-order valence-corrected chi connectivity index (χ4v) is 2.77. The average molecular weight is 404 g/mol. The minimum absolute atomic E-state index is 0.0580. The zero-order valence-corrected chi connectivity index (χ0v) is 15.3. The minimum atomic E-state index is -0.0898. The van der Waals surface area contributed by atoms with Gasteiger partial charge in [-0.3, -0.25) is 4.79 Å². The van der Waals surface area contributed by atoms with Gasteiger partial charge in [0, 0.05) is 16.7 Å². The molecule has 0 aliphatic heterocycles. The van der Waals surface area contributed by atoms with Crippen molar-refractivity contribution in [3.05, 3.63) is 27.3 Å². The molecule has 0 bridgehead atoms. The van der Waals surface area contributed by atoms with E-state index in [0.29, 0.717) is 12.1 Å². The molecule has 0 aromatic heterocycles. The molecule has 1 aromatic carbocycles. The molecular weight excluding hydrogens is 379 g/mol. The van der Waals surface area contributed by atoms with Crippen LogP contribution >= 0.6 is 22.6 Å². The number of amides is 1. The molecule has 0 radical (unpaired) electrons. The molecule has 1 amide bonds. The third-order valence-electron chi connectivity index (χ3n) is 3.65. The summed E-state index contributed by atoms with van der Waals surface area (Å²) in [6.45, 7) is 10.7. The normalized spacial score (nSPS) is 10.9. The van der Waals surface area contributed by atoms with Gasteiger partial charge in [0.1, 0.15) is 5.75 Å². The molecule has 5 heteroatoms. The second-order valence-electron chi connectivity index (χ2n) is 4.93. The van der Waals surface area contributed by atoms with E-state index in [1.807, 2.05) is 6.92 Å². The lowest BCUT2D eigenvalue weighted by Gasteiger charge is -2.24. The molecular formula is C16H25IN2O2. The molecule has 0 saturated heterocycles. The van der Waals surface area contributed by atoms with Crippen molar-refractivity contribution in [1.82, 2.24) is 9.80 Å². The van der Waals surface area contributed by atoms with Crippen LogP contribution in [0.5, 0.6) is 5.75 Å². The first-order valence-electron chi connectivity index (χ1n) is 7.53. The van der Waals surface area contributed by atoms with Crippen LogP contribution in [0, 0.1) is 3.57 Å². The summed E-state index contributed by atoms with van der Waals surface area (Å²) in [5.41, 5.74) is 0.395. The van der Waals surface area contributed by atoms with Gasteiger partial charge in [0.25, 0.3) is 5.91 Å². The van der Waals surface area contributed by atoms with Gasteiger partial charge in [-0.2, -0.15) is 0 Å². The number of aromatic hydroxyl groups is 1. The van der Waals surface area contributed by atoms with Gasteiger partial charge in [-0.1, -0.05) is 13.8 Å². The standard InChI is InChI=1S/C16H25IN2O2/c1-4-18(5-2)10-7-11-19(6-3)16(21)14-12-13(17)8-9-15(14)20/h8-9,12,20H,4-7,10-11H2,1-3H3. The first kappa shape index (κ1) is 18.2. The Morgan fingerprint density at radius 3 is 2.38 bits per heavy atom. The molecule has 4 nitrogen and oxygen atoms in total. The van der Waals surface area contributed by atoms with Crippen molar-refractivity contribution in [2.45, 2.75) is 27.2 Å². The summed E-state index contributed by atoms with van der Waals surface area (Å²) >= 11 is 2.15. The van der Waals surface area contributed by atoms with Crippen LogP contribution in [-0.2, 0) is 0 Å². The summed E-state index contributed by atoms with van der Waals surface area (Å²) in [5.74, 6) is -0.0318. The number of halogens is 1. The first-order valence-corrected chi connectivity index (χ1v) is 8.61. The van der Waals surface area contributed by atoms with Gasteiger partial charge in [-0.05, 0) is 73.8 Å². The molecule has 0 fully saturated rings. The van der Waals surface area contributed by atoms with Crippen molar-refractivity contribution >= 4 is 28.5 Å². The van der Waals surface area contributed by atoms with E-state index < -0.39 is 0 Å². The highest BCUT2D eigenvalue weighted by atomic mass is 127. The van der Waals surface area contributed by atoms with Crippen LogP contribution < -0.4 is 0 Å². The van der Waals surface area contributed by atoms with Gasteiger partial charge in [-0.15, -0.1) is 0 Å². The summed E-state index contributed by atoms with van der Waals surface area (Å²) < 4.78 is 0.952. The zero-order valence-electron chi connectivity index (χ0n) is 13.1. The van der Waals surface area contributed by atoms with Crippen LogP contribution in [-0.4, -0.2) is 53.5 Å². The lowest BCUT2D eigenvalue weighted by Crippen LogP contribution is -2.34. The Kier molecular flexibility index (Phi) is 8.03. The van der Waals surface area contributed by atoms with E-state index in [9.17, 15) is 9.90 Å². The molecule has 0 saturated carbocycles. The Labute approximate surface area is 141 Å². The smallest absolute Gasteiger partial charge is 0.257 e. The quantitative estimate of drug-likeness (QED) is 0.677. The van der Waals surface area contributed by atoms with Crippen molar-refractivity contribution < 1.29 is 9.90 Å². The Morgan fingerprint density at radius 1 is 1.14 bits per heavy atom. The van der Waals surface area contributed by atoms with Crippen molar-refractivity contribution in [2.75, 3.05) is 32.7 Å². The van der Waals surface area contributed by atoms with Gasteiger partial charge < -0.3 is 14.9 Å². The molecule has 1 rings (SSSR count). The number of hydrogen-bond acceptors (Lipinski definition) is 3. The van der Waals surface area contributed by atoms with Crippen molar-refractivity contribution in [1.29, 1.82) is 0 Å². The summed E-state index contributed by atoms with van der Waals surface area (Å²) in [4.78, 5) is 16.7. The molecule has 0 unspecified atom stereocenters. The van der Waals surface area contributed by atoms with Gasteiger partial charge in [-0.25, -0.2) is 0 Å². The van der Waals surface area contributed by atoms with Crippen LogP contribution in [0.4, 0.5) is 0 Å². The number of carbonyl (C=O) groups excluding carboxylic acids is 1. The predicted molar refractivity (Wildman–Crippen MR) is 94.8 cm³/mol. The molecule has 21 heavy (non-hydrogen) atoms. The van der Waals surface area contributed by atoms with E-state index in [-0.39, 0.29) is 11.7 Å². The van der Waals surface area contributed by atoms with Gasteiger partial charge in [0.05, 0.1) is 5.56 Å². The molecule has 1 N–H and O–H groups in total. The minimum Gasteiger partial charge on any atom is -0.507 e. The lowest BCUT2D eigenvalue weighted by molar-refractivity contribution is 0.0754. The Hall–Kier alpha value is -0.820. The van der Waals surface area contributed by atoms with E-state index >= 15 is 0 Å². The molecule has 0 aliphatic carbocycles. The van der Waals surface area contributed by atoms with Crippen molar-refractivity contribution in [3.8, 4) is 5.75 Å². The van der Waals surface area contributed by atoms with Crippen LogP contribution in [0.2, 0.25) is 0 Å². The largest absolute Gasteiger partial charge is 0.507 e. The highest BCUT2D eigenvalue weighted by Gasteiger charge is 2.18. The monoisotopic (exact) mass is 404 g/mol. The van der Waals surface area contributed by atoms with E-state index in [2.05, 4.69) is 41.3 Å². The summed E-state index contributed by atoms with van der Waals surface area (Å²) in [5, 5.41) is 9.88. The molecule has 0 aliphatic rings. The van der Waals surface area contributed by atoms with Crippen LogP contribution in [0.1, 0.15) is 37.6 Å². The second kappa shape index (κ2) is 9.25. The maximum absolute atomic E-state index is 12.5. The van der Waals surface area contributed by atoms with E-state index in [4.69, 9.17) is 0 Å². The van der Waals surface area contributed by atoms with Gasteiger partial charge >= 0.3 is 0 Å². The number of nitrogens with zero attached hydrogens (tertiary/aromatic N) is 2. The SMILES string of the molecule is CCN(CC)CCCN(CC)C(=O)c1cc(I)ccc1O. The maximum Gasteiger partial charge on any atom is 0.257 e. The maximum atomic E-state index is 12.5. The van der Waals surface area contributed by atoms with Crippen LogP contribution in [0.25, 0.3) is 0 Å². The Morgan fingerprint density at radius 2 is 1.81 bits per heavy atom. The van der Waals surface area contributed by atoms with Crippen LogP contribution in [0.15, 0.2) is 18.2 Å². The number of hydrogen-bond donors (Lipinski definition) is 1.